The number of aliphatic imine (C=N–C) groups is 1. The van der Waals surface area contributed by atoms with Gasteiger partial charge < -0.3 is 0 Å². The number of alkyl halides is 3. The summed E-state index contributed by atoms with van der Waals surface area (Å²) in [7, 11) is 0. The lowest BCUT2D eigenvalue weighted by atomic mass is 9.98. The molecular weight excluding hydrogens is 515 g/mol. The topological polar surface area (TPSA) is 99.2 Å². The van der Waals surface area contributed by atoms with Crippen molar-refractivity contribution in [2.24, 2.45) is 4.99 Å². The van der Waals surface area contributed by atoms with Gasteiger partial charge in [-0.05, 0) is 57.8 Å². The quantitative estimate of drug-likeness (QED) is 0.333. The van der Waals surface area contributed by atoms with Gasteiger partial charge >= 0.3 is 6.18 Å². The van der Waals surface area contributed by atoms with Gasteiger partial charge in [-0.15, -0.1) is 5.10 Å². The van der Waals surface area contributed by atoms with Gasteiger partial charge in [0.1, 0.15) is 0 Å². The van der Waals surface area contributed by atoms with E-state index in [0.29, 0.717) is 17.5 Å². The van der Waals surface area contributed by atoms with Crippen LogP contribution in [0.25, 0.3) is 22.5 Å². The van der Waals surface area contributed by atoms with Crippen molar-refractivity contribution in [1.29, 1.82) is 0 Å². The highest BCUT2D eigenvalue weighted by Crippen LogP contribution is 2.32. The standard InChI is InChI=1S/C26H22F3N7OS/c1-2-22-33-36(25(38-22)30-24(37)18-11-13-19(14-12-18)26(27,28)29)15-16-7-9-17(10-8-16)20-5-3-4-6-21(20)23-31-34-35-32-23/h3-14,22,33H,2,15H2,1H3,(H,31,32,34,35). The van der Waals surface area contributed by atoms with Crippen molar-refractivity contribution in [3.05, 3.63) is 89.5 Å². The van der Waals surface area contributed by atoms with Crippen LogP contribution in [0.2, 0.25) is 0 Å². The van der Waals surface area contributed by atoms with Crippen LogP contribution in [0.5, 0.6) is 0 Å². The molecule has 4 aromatic rings. The summed E-state index contributed by atoms with van der Waals surface area (Å²) in [6, 6.07) is 19.9. The molecule has 12 heteroatoms. The van der Waals surface area contributed by atoms with Crippen LogP contribution in [0.4, 0.5) is 13.2 Å². The lowest BCUT2D eigenvalue weighted by molar-refractivity contribution is -0.137. The summed E-state index contributed by atoms with van der Waals surface area (Å²) in [6.45, 7) is 2.45. The number of aromatic nitrogens is 4. The number of rotatable bonds is 6. The Bertz CT molecular complexity index is 1440. The third kappa shape index (κ3) is 5.60. The van der Waals surface area contributed by atoms with Gasteiger partial charge in [0.2, 0.25) is 0 Å². The molecule has 1 atom stereocenters. The Labute approximate surface area is 220 Å². The smallest absolute Gasteiger partial charge is 0.281 e. The van der Waals surface area contributed by atoms with Crippen molar-refractivity contribution < 1.29 is 18.0 Å². The number of halogens is 3. The molecule has 0 radical (unpaired) electrons. The average Bonchev–Trinajstić information content (AvgIpc) is 3.59. The average molecular weight is 538 g/mol. The van der Waals surface area contributed by atoms with Crippen molar-refractivity contribution >= 4 is 22.8 Å². The van der Waals surface area contributed by atoms with Crippen molar-refractivity contribution in [3.8, 4) is 22.5 Å². The second-order valence-electron chi connectivity index (χ2n) is 8.50. The minimum absolute atomic E-state index is 0.0239. The molecule has 0 spiro atoms. The Morgan fingerprint density at radius 3 is 2.37 bits per heavy atom. The number of hydrogen-bond acceptors (Lipinski definition) is 6. The first-order valence-corrected chi connectivity index (χ1v) is 12.6. The second kappa shape index (κ2) is 10.8. The van der Waals surface area contributed by atoms with Crippen LogP contribution in [0.1, 0.15) is 34.8 Å². The highest BCUT2D eigenvalue weighted by molar-refractivity contribution is 8.14. The van der Waals surface area contributed by atoms with E-state index in [9.17, 15) is 18.0 Å². The number of thioether (sulfide) groups is 1. The number of carbonyl (C=O) groups is 1. The zero-order valence-electron chi connectivity index (χ0n) is 20.1. The van der Waals surface area contributed by atoms with Gasteiger partial charge in [-0.25, -0.2) is 10.5 Å². The molecule has 3 aromatic carbocycles. The summed E-state index contributed by atoms with van der Waals surface area (Å²) in [4.78, 5) is 17.0. The number of aromatic amines is 1. The fourth-order valence-electron chi connectivity index (χ4n) is 3.96. The molecule has 1 aliphatic rings. The molecule has 1 aliphatic heterocycles. The van der Waals surface area contributed by atoms with Crippen LogP contribution in [0.3, 0.4) is 0 Å². The third-order valence-corrected chi connectivity index (χ3v) is 7.18. The predicted molar refractivity (Wildman–Crippen MR) is 139 cm³/mol. The van der Waals surface area contributed by atoms with E-state index in [1.54, 1.807) is 5.01 Å². The number of H-pyrrole nitrogens is 1. The van der Waals surface area contributed by atoms with E-state index in [1.165, 1.54) is 11.8 Å². The van der Waals surface area contributed by atoms with Crippen LogP contribution < -0.4 is 5.43 Å². The molecule has 1 aromatic heterocycles. The Kier molecular flexibility index (Phi) is 7.25. The van der Waals surface area contributed by atoms with Gasteiger partial charge in [-0.3, -0.25) is 9.80 Å². The number of carbonyl (C=O) groups excluding carboxylic acids is 1. The molecule has 1 amide bonds. The molecule has 2 N–H and O–H groups in total. The van der Waals surface area contributed by atoms with E-state index >= 15 is 0 Å². The zero-order valence-corrected chi connectivity index (χ0v) is 20.9. The van der Waals surface area contributed by atoms with Crippen molar-refractivity contribution in [2.45, 2.75) is 31.4 Å². The monoisotopic (exact) mass is 537 g/mol. The molecule has 1 unspecified atom stereocenters. The summed E-state index contributed by atoms with van der Waals surface area (Å²) in [5.74, 6) is -0.0224. The largest absolute Gasteiger partial charge is 0.416 e. The molecule has 194 valence electrons. The molecule has 2 heterocycles. The summed E-state index contributed by atoms with van der Waals surface area (Å²) >= 11 is 1.41. The molecular formula is C26H22F3N7OS. The lowest BCUT2D eigenvalue weighted by Gasteiger charge is -2.19. The SMILES string of the molecule is CCC1NN(Cc2ccc(-c3ccccc3-c3nnn[nH]3)cc2)C(=NC(=O)c2ccc(C(F)(F)F)cc2)S1. The van der Waals surface area contributed by atoms with Gasteiger partial charge in [0.15, 0.2) is 11.0 Å². The second-order valence-corrected chi connectivity index (χ2v) is 9.67. The molecule has 1 fully saturated rings. The molecule has 8 nitrogen and oxygen atoms in total. The molecule has 0 aliphatic carbocycles. The Hall–Kier alpha value is -4.03. The van der Waals surface area contributed by atoms with Crippen LogP contribution in [-0.2, 0) is 12.7 Å². The molecule has 1 saturated heterocycles. The number of hydrogen-bond donors (Lipinski definition) is 2. The Balaban J connectivity index is 1.34. The lowest BCUT2D eigenvalue weighted by Crippen LogP contribution is -2.37. The zero-order chi connectivity index (χ0) is 26.7. The summed E-state index contributed by atoms with van der Waals surface area (Å²) in [6.07, 6.45) is -3.67. The normalized spacial score (nSPS) is 16.8. The van der Waals surface area contributed by atoms with Gasteiger partial charge in [0, 0.05) is 11.1 Å². The number of tetrazole rings is 1. The maximum Gasteiger partial charge on any atom is 0.416 e. The minimum atomic E-state index is -4.46. The Morgan fingerprint density at radius 2 is 1.74 bits per heavy atom. The molecule has 0 bridgehead atoms. The van der Waals surface area contributed by atoms with E-state index in [-0.39, 0.29) is 10.9 Å². The van der Waals surface area contributed by atoms with Crippen molar-refractivity contribution in [3.63, 3.8) is 0 Å². The maximum atomic E-state index is 12.9. The van der Waals surface area contributed by atoms with E-state index in [0.717, 1.165) is 52.9 Å². The van der Waals surface area contributed by atoms with Crippen LogP contribution in [-0.4, -0.2) is 42.1 Å². The third-order valence-electron chi connectivity index (χ3n) is 5.94. The number of amidine groups is 1. The fourth-order valence-corrected chi connectivity index (χ4v) is 4.94. The van der Waals surface area contributed by atoms with E-state index < -0.39 is 17.6 Å². The number of hydrazine groups is 1. The highest BCUT2D eigenvalue weighted by Gasteiger charge is 2.31. The highest BCUT2D eigenvalue weighted by atomic mass is 32.2. The minimum Gasteiger partial charge on any atom is -0.281 e. The van der Waals surface area contributed by atoms with Crippen LogP contribution in [0, 0.1) is 0 Å². The number of nitrogens with one attached hydrogen (secondary N) is 2. The summed E-state index contributed by atoms with van der Waals surface area (Å²) in [5, 5.41) is 16.4. The van der Waals surface area contributed by atoms with E-state index in [2.05, 4.69) is 31.0 Å². The van der Waals surface area contributed by atoms with Gasteiger partial charge in [-0.2, -0.15) is 18.2 Å². The summed E-state index contributed by atoms with van der Waals surface area (Å²) < 4.78 is 38.6. The predicted octanol–water partition coefficient (Wildman–Crippen LogP) is 5.54. The van der Waals surface area contributed by atoms with Gasteiger partial charge in [0.05, 0.1) is 17.5 Å². The number of nitrogens with zero attached hydrogens (tertiary/aromatic N) is 5. The Morgan fingerprint density at radius 1 is 1.03 bits per heavy atom. The first-order valence-electron chi connectivity index (χ1n) is 11.7. The first-order chi connectivity index (χ1) is 18.3. The fraction of sp³-hybridized carbons (Fsp3) is 0.192. The van der Waals surface area contributed by atoms with Crippen LogP contribution in [0.15, 0.2) is 77.8 Å². The number of amides is 1. The molecule has 38 heavy (non-hydrogen) atoms. The first kappa shape index (κ1) is 25.6. The van der Waals surface area contributed by atoms with Crippen molar-refractivity contribution in [2.75, 3.05) is 0 Å². The molecule has 0 saturated carbocycles. The van der Waals surface area contributed by atoms with Crippen LogP contribution >= 0.6 is 11.8 Å². The number of benzene rings is 3. The molecule has 5 rings (SSSR count). The summed E-state index contributed by atoms with van der Waals surface area (Å²) in [5.41, 5.74) is 6.44. The van der Waals surface area contributed by atoms with Crippen molar-refractivity contribution in [1.82, 2.24) is 31.1 Å². The van der Waals surface area contributed by atoms with Gasteiger partial charge in [-0.1, -0.05) is 67.2 Å². The maximum absolute atomic E-state index is 12.9. The van der Waals surface area contributed by atoms with E-state index in [4.69, 9.17) is 0 Å². The van der Waals surface area contributed by atoms with E-state index in [1.807, 2.05) is 55.5 Å². The van der Waals surface area contributed by atoms with Gasteiger partial charge in [0.25, 0.3) is 5.91 Å².